The Balaban J connectivity index is 2.27. The molecule has 0 heterocycles. The molecule has 0 saturated carbocycles. The van der Waals surface area contributed by atoms with Crippen LogP contribution in [0.2, 0.25) is 0 Å². The zero-order valence-corrected chi connectivity index (χ0v) is 15.5. The zero-order chi connectivity index (χ0) is 17.7. The summed E-state index contributed by atoms with van der Waals surface area (Å²) in [4.78, 5) is 0.298. The van der Waals surface area contributed by atoms with Gasteiger partial charge in [-0.15, -0.1) is 0 Å². The van der Waals surface area contributed by atoms with E-state index < -0.39 is 10.0 Å². The van der Waals surface area contributed by atoms with E-state index in [0.29, 0.717) is 17.1 Å². The standard InChI is InChI=1S/C19H25NO3S/c1-5-11-23-18-12-15(3)19(13-14(18)2)24(21,22)20-16(4)17-9-7-6-8-10-17/h6-10,12-13,16,20H,5,11H2,1-4H3/t16-/m1/s1. The molecule has 5 heteroatoms. The van der Waals surface area contributed by atoms with Crippen LogP contribution in [0.3, 0.4) is 0 Å². The predicted octanol–water partition coefficient (Wildman–Crippen LogP) is 4.13. The Kier molecular flexibility index (Phi) is 6.02. The van der Waals surface area contributed by atoms with Crippen molar-refractivity contribution in [2.75, 3.05) is 6.61 Å². The Hall–Kier alpha value is -1.85. The van der Waals surface area contributed by atoms with E-state index in [1.54, 1.807) is 19.1 Å². The summed E-state index contributed by atoms with van der Waals surface area (Å²) in [7, 11) is -3.60. The predicted molar refractivity (Wildman–Crippen MR) is 96.9 cm³/mol. The highest BCUT2D eigenvalue weighted by Gasteiger charge is 2.21. The highest BCUT2D eigenvalue weighted by atomic mass is 32.2. The lowest BCUT2D eigenvalue weighted by Gasteiger charge is -2.17. The SMILES string of the molecule is CCCOc1cc(C)c(S(=O)(=O)N[C@H](C)c2ccccc2)cc1C. The van der Waals surface area contributed by atoms with Gasteiger partial charge in [-0.25, -0.2) is 13.1 Å². The minimum atomic E-state index is -3.60. The maximum Gasteiger partial charge on any atom is 0.241 e. The van der Waals surface area contributed by atoms with E-state index in [0.717, 1.165) is 23.3 Å². The Morgan fingerprint density at radius 1 is 1.08 bits per heavy atom. The molecule has 24 heavy (non-hydrogen) atoms. The summed E-state index contributed by atoms with van der Waals surface area (Å²) in [6.45, 7) is 8.16. The summed E-state index contributed by atoms with van der Waals surface area (Å²) in [5.74, 6) is 0.740. The summed E-state index contributed by atoms with van der Waals surface area (Å²) >= 11 is 0. The fourth-order valence-electron chi connectivity index (χ4n) is 2.53. The van der Waals surface area contributed by atoms with Crippen molar-refractivity contribution in [3.05, 3.63) is 59.2 Å². The lowest BCUT2D eigenvalue weighted by Crippen LogP contribution is -2.27. The topological polar surface area (TPSA) is 55.4 Å². The average molecular weight is 347 g/mol. The first-order valence-electron chi connectivity index (χ1n) is 8.16. The largest absolute Gasteiger partial charge is 0.493 e. The molecular weight excluding hydrogens is 322 g/mol. The number of hydrogen-bond acceptors (Lipinski definition) is 3. The molecule has 0 fully saturated rings. The molecule has 0 aromatic heterocycles. The molecule has 4 nitrogen and oxygen atoms in total. The first-order chi connectivity index (χ1) is 11.3. The van der Waals surface area contributed by atoms with E-state index in [9.17, 15) is 8.42 Å². The minimum absolute atomic E-state index is 0.298. The molecule has 0 spiro atoms. The van der Waals surface area contributed by atoms with Gasteiger partial charge in [0.05, 0.1) is 11.5 Å². The molecule has 2 aromatic rings. The van der Waals surface area contributed by atoms with Gasteiger partial charge in [-0.05, 0) is 56.0 Å². The third-order valence-electron chi connectivity index (χ3n) is 3.86. The first kappa shape index (κ1) is 18.5. The van der Waals surface area contributed by atoms with Crippen LogP contribution in [0, 0.1) is 13.8 Å². The van der Waals surface area contributed by atoms with Gasteiger partial charge < -0.3 is 4.74 Å². The van der Waals surface area contributed by atoms with Crippen molar-refractivity contribution in [3.63, 3.8) is 0 Å². The Labute approximate surface area is 144 Å². The van der Waals surface area contributed by atoms with Crippen LogP contribution < -0.4 is 9.46 Å². The van der Waals surface area contributed by atoms with Crippen molar-refractivity contribution in [1.29, 1.82) is 0 Å². The van der Waals surface area contributed by atoms with E-state index in [2.05, 4.69) is 4.72 Å². The van der Waals surface area contributed by atoms with Crippen LogP contribution in [0.15, 0.2) is 47.4 Å². The Morgan fingerprint density at radius 2 is 1.75 bits per heavy atom. The van der Waals surface area contributed by atoms with Crippen molar-refractivity contribution >= 4 is 10.0 Å². The van der Waals surface area contributed by atoms with Crippen LogP contribution >= 0.6 is 0 Å². The average Bonchev–Trinajstić information content (AvgIpc) is 2.55. The number of hydrogen-bond donors (Lipinski definition) is 1. The van der Waals surface area contributed by atoms with E-state index in [4.69, 9.17) is 4.74 Å². The maximum absolute atomic E-state index is 12.8. The van der Waals surface area contributed by atoms with Crippen molar-refractivity contribution < 1.29 is 13.2 Å². The molecule has 0 aliphatic carbocycles. The summed E-state index contributed by atoms with van der Waals surface area (Å²) in [6, 6.07) is 12.7. The normalized spacial score (nSPS) is 12.8. The monoisotopic (exact) mass is 347 g/mol. The molecule has 0 radical (unpaired) electrons. The molecule has 2 aromatic carbocycles. The first-order valence-corrected chi connectivity index (χ1v) is 9.64. The quantitative estimate of drug-likeness (QED) is 0.819. The molecule has 130 valence electrons. The van der Waals surface area contributed by atoms with Crippen LogP contribution in [0.25, 0.3) is 0 Å². The van der Waals surface area contributed by atoms with Gasteiger partial charge in [0.1, 0.15) is 5.75 Å². The number of rotatable bonds is 7. The van der Waals surface area contributed by atoms with E-state index in [1.165, 1.54) is 0 Å². The third-order valence-corrected chi connectivity index (χ3v) is 5.54. The van der Waals surface area contributed by atoms with Crippen LogP contribution in [0.1, 0.15) is 43.0 Å². The minimum Gasteiger partial charge on any atom is -0.493 e. The van der Waals surface area contributed by atoms with Gasteiger partial charge in [-0.3, -0.25) is 0 Å². The fraction of sp³-hybridized carbons (Fsp3) is 0.368. The van der Waals surface area contributed by atoms with Gasteiger partial charge in [0.25, 0.3) is 0 Å². The fourth-order valence-corrected chi connectivity index (χ4v) is 4.07. The lowest BCUT2D eigenvalue weighted by atomic mass is 10.1. The van der Waals surface area contributed by atoms with Crippen LogP contribution in [0.5, 0.6) is 5.75 Å². The summed E-state index contributed by atoms with van der Waals surface area (Å²) in [6.07, 6.45) is 0.911. The second kappa shape index (κ2) is 7.81. The van der Waals surface area contributed by atoms with Crippen molar-refractivity contribution in [2.45, 2.75) is 45.1 Å². The van der Waals surface area contributed by atoms with Crippen molar-refractivity contribution in [2.24, 2.45) is 0 Å². The Bertz CT molecular complexity index is 786. The molecule has 0 bridgehead atoms. The Morgan fingerprint density at radius 3 is 2.38 bits per heavy atom. The van der Waals surface area contributed by atoms with Gasteiger partial charge >= 0.3 is 0 Å². The summed E-state index contributed by atoms with van der Waals surface area (Å²) in [5, 5.41) is 0. The van der Waals surface area contributed by atoms with E-state index in [1.807, 2.05) is 51.1 Å². The highest BCUT2D eigenvalue weighted by molar-refractivity contribution is 7.89. The molecule has 1 N–H and O–H groups in total. The van der Waals surface area contributed by atoms with Gasteiger partial charge in [0.15, 0.2) is 0 Å². The second-order valence-corrected chi connectivity index (χ2v) is 7.67. The molecule has 2 rings (SSSR count). The number of benzene rings is 2. The third kappa shape index (κ3) is 4.36. The van der Waals surface area contributed by atoms with Gasteiger partial charge in [0, 0.05) is 6.04 Å². The number of ether oxygens (including phenoxy) is 1. The molecule has 0 aliphatic rings. The molecule has 0 aliphatic heterocycles. The summed E-state index contributed by atoms with van der Waals surface area (Å²) < 4.78 is 33.9. The van der Waals surface area contributed by atoms with Crippen LogP contribution in [-0.2, 0) is 10.0 Å². The van der Waals surface area contributed by atoms with Crippen molar-refractivity contribution in [1.82, 2.24) is 4.72 Å². The zero-order valence-electron chi connectivity index (χ0n) is 14.7. The molecule has 0 saturated heterocycles. The number of nitrogens with one attached hydrogen (secondary N) is 1. The number of sulfonamides is 1. The number of aryl methyl sites for hydroxylation is 2. The van der Waals surface area contributed by atoms with Crippen LogP contribution in [-0.4, -0.2) is 15.0 Å². The van der Waals surface area contributed by atoms with Crippen LogP contribution in [0.4, 0.5) is 0 Å². The van der Waals surface area contributed by atoms with Crippen molar-refractivity contribution in [3.8, 4) is 5.75 Å². The summed E-state index contributed by atoms with van der Waals surface area (Å²) in [5.41, 5.74) is 2.43. The van der Waals surface area contributed by atoms with E-state index >= 15 is 0 Å². The van der Waals surface area contributed by atoms with Gasteiger partial charge in [-0.2, -0.15) is 0 Å². The molecule has 1 atom stereocenters. The molecule has 0 amide bonds. The molecular formula is C19H25NO3S. The maximum atomic E-state index is 12.8. The van der Waals surface area contributed by atoms with Gasteiger partial charge in [-0.1, -0.05) is 37.3 Å². The highest BCUT2D eigenvalue weighted by Crippen LogP contribution is 2.27. The second-order valence-electron chi connectivity index (χ2n) is 5.99. The lowest BCUT2D eigenvalue weighted by molar-refractivity contribution is 0.315. The van der Waals surface area contributed by atoms with Gasteiger partial charge in [0.2, 0.25) is 10.0 Å². The smallest absolute Gasteiger partial charge is 0.241 e. The van der Waals surface area contributed by atoms with E-state index in [-0.39, 0.29) is 6.04 Å². The molecule has 0 unspecified atom stereocenters.